The summed E-state index contributed by atoms with van der Waals surface area (Å²) in [5.41, 5.74) is 0. The highest BCUT2D eigenvalue weighted by atomic mass is 16.5. The van der Waals surface area contributed by atoms with E-state index in [0.29, 0.717) is 12.5 Å². The van der Waals surface area contributed by atoms with Gasteiger partial charge in [-0.2, -0.15) is 0 Å². The van der Waals surface area contributed by atoms with E-state index in [1.165, 1.54) is 12.8 Å². The van der Waals surface area contributed by atoms with Crippen LogP contribution in [0, 0.1) is 0 Å². The number of hydrogen-bond acceptors (Lipinski definition) is 5. The lowest BCUT2D eigenvalue weighted by Crippen LogP contribution is -2.50. The zero-order chi connectivity index (χ0) is 18.5. The molecule has 0 aromatic carbocycles. The highest BCUT2D eigenvalue weighted by Crippen LogP contribution is 2.29. The number of amides is 1. The molecule has 3 aliphatic heterocycles. The lowest BCUT2D eigenvalue weighted by atomic mass is 10.1. The Morgan fingerprint density at radius 2 is 1.70 bits per heavy atom. The highest BCUT2D eigenvalue weighted by Gasteiger charge is 2.24. The second-order valence-electron chi connectivity index (χ2n) is 8.15. The summed E-state index contributed by atoms with van der Waals surface area (Å²) in [6.07, 6.45) is 7.19. The summed E-state index contributed by atoms with van der Waals surface area (Å²) in [4.78, 5) is 19.2. The third-order valence-electron chi connectivity index (χ3n) is 6.09. The van der Waals surface area contributed by atoms with Crippen molar-refractivity contribution in [2.75, 3.05) is 52.4 Å². The van der Waals surface area contributed by atoms with Crippen LogP contribution in [-0.4, -0.2) is 73.0 Å². The van der Waals surface area contributed by atoms with Crippen LogP contribution in [0.5, 0.6) is 0 Å². The molecule has 1 amide bonds. The molecule has 0 aliphatic carbocycles. The van der Waals surface area contributed by atoms with Gasteiger partial charge in [-0.15, -0.1) is 0 Å². The number of carbonyl (C=O) groups is 1. The van der Waals surface area contributed by atoms with Crippen molar-refractivity contribution in [3.05, 3.63) is 23.7 Å². The van der Waals surface area contributed by atoms with Crippen LogP contribution >= 0.6 is 0 Å². The van der Waals surface area contributed by atoms with E-state index in [1.54, 1.807) is 0 Å². The third kappa shape index (κ3) is 5.12. The second kappa shape index (κ2) is 9.22. The first-order valence-electron chi connectivity index (χ1n) is 10.7. The Balaban J connectivity index is 1.20. The molecule has 1 aromatic rings. The average Bonchev–Trinajstić information content (AvgIpc) is 3.19. The number of hydrogen-bond donors (Lipinski definition) is 0. The number of rotatable bonds is 5. The molecule has 4 heterocycles. The van der Waals surface area contributed by atoms with Crippen molar-refractivity contribution in [2.24, 2.45) is 0 Å². The van der Waals surface area contributed by atoms with E-state index in [4.69, 9.17) is 9.15 Å². The SMILES string of the molecule is O=C(CN1CCN(Cc2ccc([C@@H]3CCCCO3)o2)CC1)N1CCCCC1. The van der Waals surface area contributed by atoms with Crippen LogP contribution < -0.4 is 0 Å². The van der Waals surface area contributed by atoms with Gasteiger partial charge in [0.25, 0.3) is 0 Å². The summed E-state index contributed by atoms with van der Waals surface area (Å²) in [7, 11) is 0. The monoisotopic (exact) mass is 375 g/mol. The van der Waals surface area contributed by atoms with Gasteiger partial charge >= 0.3 is 0 Å². The molecule has 27 heavy (non-hydrogen) atoms. The fourth-order valence-corrected chi connectivity index (χ4v) is 4.38. The fraction of sp³-hybridized carbons (Fsp3) is 0.762. The minimum absolute atomic E-state index is 0.144. The largest absolute Gasteiger partial charge is 0.462 e. The first-order valence-corrected chi connectivity index (χ1v) is 10.7. The van der Waals surface area contributed by atoms with Gasteiger partial charge in [-0.25, -0.2) is 0 Å². The van der Waals surface area contributed by atoms with Gasteiger partial charge < -0.3 is 14.1 Å². The predicted octanol–water partition coefficient (Wildman–Crippen LogP) is 2.65. The van der Waals surface area contributed by atoms with E-state index in [1.807, 2.05) is 4.90 Å². The summed E-state index contributed by atoms with van der Waals surface area (Å²) in [6.45, 7) is 8.07. The number of piperazine rings is 1. The lowest BCUT2D eigenvalue weighted by molar-refractivity contribution is -0.133. The Labute approximate surface area is 162 Å². The Morgan fingerprint density at radius 1 is 0.926 bits per heavy atom. The molecule has 1 aromatic heterocycles. The molecule has 0 spiro atoms. The molecule has 6 heteroatoms. The Bertz CT molecular complexity index is 598. The maximum absolute atomic E-state index is 12.4. The van der Waals surface area contributed by atoms with Crippen LogP contribution in [0.4, 0.5) is 0 Å². The average molecular weight is 376 g/mol. The van der Waals surface area contributed by atoms with Gasteiger partial charge in [0.05, 0.1) is 13.1 Å². The Kier molecular flexibility index (Phi) is 6.47. The maximum Gasteiger partial charge on any atom is 0.236 e. The first kappa shape index (κ1) is 19.0. The molecule has 150 valence electrons. The first-order chi connectivity index (χ1) is 13.3. The normalized spacial score (nSPS) is 25.6. The molecule has 3 aliphatic rings. The molecule has 0 N–H and O–H groups in total. The molecule has 6 nitrogen and oxygen atoms in total. The summed E-state index contributed by atoms with van der Waals surface area (Å²) in [6, 6.07) is 4.18. The van der Waals surface area contributed by atoms with Crippen molar-refractivity contribution in [3.63, 3.8) is 0 Å². The topological polar surface area (TPSA) is 49.2 Å². The van der Waals surface area contributed by atoms with E-state index < -0.39 is 0 Å². The zero-order valence-corrected chi connectivity index (χ0v) is 16.4. The van der Waals surface area contributed by atoms with Gasteiger partial charge in [-0.1, -0.05) is 0 Å². The van der Waals surface area contributed by atoms with Crippen LogP contribution in [0.3, 0.4) is 0 Å². The molecular formula is C21H33N3O3. The molecular weight excluding hydrogens is 342 g/mol. The van der Waals surface area contributed by atoms with Crippen LogP contribution in [0.1, 0.15) is 56.1 Å². The lowest BCUT2D eigenvalue weighted by Gasteiger charge is -2.35. The Hall–Kier alpha value is -1.37. The van der Waals surface area contributed by atoms with Gasteiger partial charge in [-0.05, 0) is 50.7 Å². The van der Waals surface area contributed by atoms with Crippen molar-refractivity contribution in [1.82, 2.24) is 14.7 Å². The van der Waals surface area contributed by atoms with E-state index >= 15 is 0 Å². The quantitative estimate of drug-likeness (QED) is 0.792. The van der Waals surface area contributed by atoms with Crippen molar-refractivity contribution in [3.8, 4) is 0 Å². The minimum Gasteiger partial charge on any atom is -0.462 e. The molecule has 0 unspecified atom stereocenters. The van der Waals surface area contributed by atoms with Crippen molar-refractivity contribution >= 4 is 5.91 Å². The van der Waals surface area contributed by atoms with E-state index in [0.717, 1.165) is 89.6 Å². The van der Waals surface area contributed by atoms with Crippen LogP contribution in [0.15, 0.2) is 16.5 Å². The fourth-order valence-electron chi connectivity index (χ4n) is 4.38. The van der Waals surface area contributed by atoms with Gasteiger partial charge in [-0.3, -0.25) is 14.6 Å². The van der Waals surface area contributed by atoms with Crippen molar-refractivity contribution < 1.29 is 13.9 Å². The molecule has 3 saturated heterocycles. The van der Waals surface area contributed by atoms with Gasteiger partial charge in [0.15, 0.2) is 0 Å². The van der Waals surface area contributed by atoms with Crippen LogP contribution in [0.25, 0.3) is 0 Å². The number of likely N-dealkylation sites (tertiary alicyclic amines) is 1. The van der Waals surface area contributed by atoms with Crippen LogP contribution in [-0.2, 0) is 16.1 Å². The van der Waals surface area contributed by atoms with Gasteiger partial charge in [0.1, 0.15) is 17.6 Å². The third-order valence-corrected chi connectivity index (χ3v) is 6.09. The van der Waals surface area contributed by atoms with Crippen molar-refractivity contribution in [1.29, 1.82) is 0 Å². The number of carbonyl (C=O) groups excluding carboxylic acids is 1. The van der Waals surface area contributed by atoms with E-state index in [9.17, 15) is 4.79 Å². The molecule has 3 fully saturated rings. The summed E-state index contributed by atoms with van der Waals surface area (Å²) >= 11 is 0. The van der Waals surface area contributed by atoms with Gasteiger partial charge in [0.2, 0.25) is 5.91 Å². The summed E-state index contributed by atoms with van der Waals surface area (Å²) in [5, 5.41) is 0. The maximum atomic E-state index is 12.4. The molecule has 0 radical (unpaired) electrons. The van der Waals surface area contributed by atoms with Crippen LogP contribution in [0.2, 0.25) is 0 Å². The summed E-state index contributed by atoms with van der Waals surface area (Å²) < 4.78 is 11.9. The van der Waals surface area contributed by atoms with Gasteiger partial charge in [0, 0.05) is 45.9 Å². The highest BCUT2D eigenvalue weighted by molar-refractivity contribution is 5.78. The number of ether oxygens (including phenoxy) is 1. The van der Waals surface area contributed by atoms with Crippen molar-refractivity contribution in [2.45, 2.75) is 51.2 Å². The number of piperidine rings is 1. The second-order valence-corrected chi connectivity index (χ2v) is 8.15. The number of nitrogens with zero attached hydrogens (tertiary/aromatic N) is 3. The predicted molar refractivity (Wildman–Crippen MR) is 103 cm³/mol. The molecule has 0 bridgehead atoms. The number of furan rings is 1. The zero-order valence-electron chi connectivity index (χ0n) is 16.4. The van der Waals surface area contributed by atoms with E-state index in [-0.39, 0.29) is 6.10 Å². The smallest absolute Gasteiger partial charge is 0.236 e. The standard InChI is InChI=1S/C21H33N3O3/c25-21(24-9-3-1-4-10-24)17-23-13-11-22(12-14-23)16-18-7-8-20(27-18)19-6-2-5-15-26-19/h7-8,19H,1-6,9-17H2/t19-/m0/s1. The molecule has 1 atom stereocenters. The molecule has 0 saturated carbocycles. The minimum atomic E-state index is 0.144. The summed E-state index contributed by atoms with van der Waals surface area (Å²) in [5.74, 6) is 2.32. The Morgan fingerprint density at radius 3 is 2.44 bits per heavy atom. The molecule has 4 rings (SSSR count). The van der Waals surface area contributed by atoms with E-state index in [2.05, 4.69) is 21.9 Å².